The first kappa shape index (κ1) is 21.7. The molecule has 0 bridgehead atoms. The molecule has 0 aliphatic heterocycles. The van der Waals surface area contributed by atoms with Gasteiger partial charge in [0.15, 0.2) is 11.7 Å². The van der Waals surface area contributed by atoms with Crippen molar-refractivity contribution in [1.29, 1.82) is 0 Å². The van der Waals surface area contributed by atoms with E-state index in [2.05, 4.69) is 10.3 Å². The number of nitro benzene ring substituents is 1. The Kier molecular flexibility index (Phi) is 6.78. The van der Waals surface area contributed by atoms with Gasteiger partial charge in [-0.25, -0.2) is 18.6 Å². The molecular weight excluding hydrogens is 432 g/mol. The molecule has 3 aromatic rings. The van der Waals surface area contributed by atoms with Crippen molar-refractivity contribution in [3.05, 3.63) is 81.2 Å². The normalized spacial score (nSPS) is 10.8. The van der Waals surface area contributed by atoms with Crippen molar-refractivity contribution in [2.24, 2.45) is 0 Å². The Morgan fingerprint density at radius 3 is 2.81 bits per heavy atom. The number of aromatic nitrogens is 1. The largest absolute Gasteiger partial charge is 0.452 e. The van der Waals surface area contributed by atoms with Crippen LogP contribution >= 0.6 is 11.3 Å². The number of benzene rings is 2. The maximum Gasteiger partial charge on any atom is 0.331 e. The number of anilines is 1. The molecule has 1 N–H and O–H groups in total. The van der Waals surface area contributed by atoms with Crippen LogP contribution in [-0.4, -0.2) is 28.4 Å². The van der Waals surface area contributed by atoms with E-state index >= 15 is 0 Å². The molecule has 0 saturated carbocycles. The van der Waals surface area contributed by atoms with Crippen LogP contribution in [0.2, 0.25) is 0 Å². The fraction of sp³-hybridized carbons (Fsp3) is 0.0500. The standard InChI is InChI=1S/C20H13F2N3O5S/c21-13-5-6-16(22)15(9-13)17-11-31-20(23-17)24-18(26)10-30-19(27)7-4-12-2-1-3-14(8-12)25(28)29/h1-9,11H,10H2,(H,23,24,26)/b7-4+. The molecule has 0 radical (unpaired) electrons. The van der Waals surface area contributed by atoms with Gasteiger partial charge in [0, 0.05) is 29.2 Å². The number of amides is 1. The van der Waals surface area contributed by atoms with Crippen molar-refractivity contribution in [2.45, 2.75) is 0 Å². The predicted octanol–water partition coefficient (Wildman–Crippen LogP) is 4.19. The first-order valence-electron chi connectivity index (χ1n) is 8.62. The van der Waals surface area contributed by atoms with Crippen LogP contribution in [0.4, 0.5) is 19.6 Å². The maximum atomic E-state index is 13.8. The molecule has 0 fully saturated rings. The number of hydrogen-bond acceptors (Lipinski definition) is 7. The predicted molar refractivity (Wildman–Crippen MR) is 109 cm³/mol. The van der Waals surface area contributed by atoms with E-state index in [1.54, 1.807) is 6.07 Å². The average Bonchev–Trinajstić information content (AvgIpc) is 3.20. The van der Waals surface area contributed by atoms with Crippen molar-refractivity contribution in [2.75, 3.05) is 11.9 Å². The molecule has 0 atom stereocenters. The molecule has 0 spiro atoms. The Morgan fingerprint density at radius 2 is 2.03 bits per heavy atom. The highest BCUT2D eigenvalue weighted by Crippen LogP contribution is 2.27. The van der Waals surface area contributed by atoms with E-state index in [1.807, 2.05) is 0 Å². The number of nitro groups is 1. The first-order chi connectivity index (χ1) is 14.8. The summed E-state index contributed by atoms with van der Waals surface area (Å²) in [6.07, 6.45) is 2.34. The van der Waals surface area contributed by atoms with Crippen LogP contribution < -0.4 is 5.32 Å². The number of nitrogens with zero attached hydrogens (tertiary/aromatic N) is 2. The lowest BCUT2D eigenvalue weighted by molar-refractivity contribution is -0.384. The van der Waals surface area contributed by atoms with E-state index in [0.717, 1.165) is 35.6 Å². The summed E-state index contributed by atoms with van der Waals surface area (Å²) in [5.74, 6) is -2.80. The molecule has 1 amide bonds. The lowest BCUT2D eigenvalue weighted by atomic mass is 10.1. The summed E-state index contributed by atoms with van der Waals surface area (Å²) in [5, 5.41) is 14.7. The third-order valence-corrected chi connectivity index (χ3v) is 4.55. The fourth-order valence-electron chi connectivity index (χ4n) is 2.40. The molecule has 158 valence electrons. The highest BCUT2D eigenvalue weighted by molar-refractivity contribution is 7.14. The van der Waals surface area contributed by atoms with Gasteiger partial charge in [0.2, 0.25) is 0 Å². The van der Waals surface area contributed by atoms with Gasteiger partial charge in [0.05, 0.1) is 10.6 Å². The maximum absolute atomic E-state index is 13.8. The van der Waals surface area contributed by atoms with Gasteiger partial charge >= 0.3 is 5.97 Å². The van der Waals surface area contributed by atoms with Gasteiger partial charge in [-0.15, -0.1) is 11.3 Å². The third-order valence-electron chi connectivity index (χ3n) is 3.79. The Hall–Kier alpha value is -3.99. The average molecular weight is 445 g/mol. The van der Waals surface area contributed by atoms with Gasteiger partial charge in [-0.05, 0) is 29.8 Å². The number of rotatable bonds is 7. The Morgan fingerprint density at radius 1 is 1.23 bits per heavy atom. The zero-order chi connectivity index (χ0) is 22.4. The summed E-state index contributed by atoms with van der Waals surface area (Å²) in [7, 11) is 0. The minimum absolute atomic E-state index is 0.0468. The van der Waals surface area contributed by atoms with Gasteiger partial charge in [0.1, 0.15) is 11.6 Å². The number of carbonyl (C=O) groups excluding carboxylic acids is 2. The summed E-state index contributed by atoms with van der Waals surface area (Å²) in [6.45, 7) is -0.610. The Labute approximate surface area is 178 Å². The van der Waals surface area contributed by atoms with Gasteiger partial charge < -0.3 is 4.74 Å². The lowest BCUT2D eigenvalue weighted by Gasteiger charge is -2.02. The van der Waals surface area contributed by atoms with Crippen molar-refractivity contribution < 1.29 is 28.0 Å². The number of esters is 1. The van der Waals surface area contributed by atoms with E-state index in [1.165, 1.54) is 29.7 Å². The van der Waals surface area contributed by atoms with Gasteiger partial charge in [-0.3, -0.25) is 20.2 Å². The third kappa shape index (κ3) is 6.00. The number of halogens is 2. The van der Waals surface area contributed by atoms with Crippen molar-refractivity contribution in [3.63, 3.8) is 0 Å². The Balaban J connectivity index is 1.53. The molecular formula is C20H13F2N3O5S. The molecule has 1 heterocycles. The number of non-ortho nitro benzene ring substituents is 1. The molecule has 0 aliphatic carbocycles. The summed E-state index contributed by atoms with van der Waals surface area (Å²) >= 11 is 0.991. The SMILES string of the molecule is O=C(COC(=O)/C=C/c1cccc([N+](=O)[O-])c1)Nc1nc(-c2cc(F)ccc2F)cs1. The zero-order valence-corrected chi connectivity index (χ0v) is 16.4. The van der Waals surface area contributed by atoms with Crippen LogP contribution in [-0.2, 0) is 14.3 Å². The van der Waals surface area contributed by atoms with Crippen molar-refractivity contribution in [1.82, 2.24) is 4.98 Å². The number of hydrogen-bond donors (Lipinski definition) is 1. The van der Waals surface area contributed by atoms with E-state index in [-0.39, 0.29) is 22.1 Å². The van der Waals surface area contributed by atoms with Crippen LogP contribution in [0.5, 0.6) is 0 Å². The second-order valence-corrected chi connectivity index (χ2v) is 6.86. The second kappa shape index (κ2) is 9.67. The zero-order valence-electron chi connectivity index (χ0n) is 15.6. The monoisotopic (exact) mass is 445 g/mol. The van der Waals surface area contributed by atoms with E-state index < -0.39 is 35.0 Å². The highest BCUT2D eigenvalue weighted by atomic mass is 32.1. The van der Waals surface area contributed by atoms with Gasteiger partial charge in [-0.2, -0.15) is 0 Å². The summed E-state index contributed by atoms with van der Waals surface area (Å²) in [5.41, 5.74) is 0.384. The Bertz CT molecular complexity index is 1180. The minimum Gasteiger partial charge on any atom is -0.452 e. The summed E-state index contributed by atoms with van der Waals surface area (Å²) in [4.78, 5) is 37.9. The van der Waals surface area contributed by atoms with E-state index in [9.17, 15) is 28.5 Å². The highest BCUT2D eigenvalue weighted by Gasteiger charge is 2.13. The van der Waals surface area contributed by atoms with E-state index in [4.69, 9.17) is 4.74 Å². The molecule has 3 rings (SSSR count). The molecule has 0 saturated heterocycles. The smallest absolute Gasteiger partial charge is 0.331 e. The van der Waals surface area contributed by atoms with Crippen LogP contribution in [0, 0.1) is 21.7 Å². The molecule has 1 aromatic heterocycles. The molecule has 11 heteroatoms. The van der Waals surface area contributed by atoms with Gasteiger partial charge in [0.25, 0.3) is 11.6 Å². The second-order valence-electron chi connectivity index (χ2n) is 6.00. The molecule has 0 aliphatic rings. The van der Waals surface area contributed by atoms with E-state index in [0.29, 0.717) is 5.56 Å². The van der Waals surface area contributed by atoms with Crippen LogP contribution in [0.25, 0.3) is 17.3 Å². The first-order valence-corrected chi connectivity index (χ1v) is 9.50. The van der Waals surface area contributed by atoms with Crippen LogP contribution in [0.15, 0.2) is 53.9 Å². The summed E-state index contributed by atoms with van der Waals surface area (Å²) < 4.78 is 31.9. The van der Waals surface area contributed by atoms with Gasteiger partial charge in [-0.1, -0.05) is 12.1 Å². The van der Waals surface area contributed by atoms with Crippen molar-refractivity contribution in [3.8, 4) is 11.3 Å². The number of ether oxygens (including phenoxy) is 1. The number of thiazole rings is 1. The quantitative estimate of drug-likeness (QED) is 0.253. The minimum atomic E-state index is -0.830. The molecule has 8 nitrogen and oxygen atoms in total. The lowest BCUT2D eigenvalue weighted by Crippen LogP contribution is -2.20. The number of nitrogens with one attached hydrogen (secondary N) is 1. The summed E-state index contributed by atoms with van der Waals surface area (Å²) in [6, 6.07) is 8.56. The topological polar surface area (TPSA) is 111 Å². The molecule has 0 unspecified atom stereocenters. The fourth-order valence-corrected chi connectivity index (χ4v) is 3.12. The van der Waals surface area contributed by atoms with Crippen LogP contribution in [0.1, 0.15) is 5.56 Å². The molecule has 31 heavy (non-hydrogen) atoms. The molecule has 2 aromatic carbocycles. The number of carbonyl (C=O) groups is 2. The van der Waals surface area contributed by atoms with Crippen molar-refractivity contribution >= 4 is 40.1 Å². The van der Waals surface area contributed by atoms with Crippen LogP contribution in [0.3, 0.4) is 0 Å².